The van der Waals surface area contributed by atoms with Gasteiger partial charge in [0, 0.05) is 32.6 Å². The van der Waals surface area contributed by atoms with E-state index in [0.29, 0.717) is 23.7 Å². The molecule has 1 saturated heterocycles. The van der Waals surface area contributed by atoms with E-state index in [4.69, 9.17) is 4.74 Å². The number of hydrogen-bond acceptors (Lipinski definition) is 1. The normalized spacial score (nSPS) is 33.4. The van der Waals surface area contributed by atoms with Gasteiger partial charge >= 0.3 is 0 Å². The Balaban J connectivity index is 1.51. The van der Waals surface area contributed by atoms with Crippen molar-refractivity contribution in [2.45, 2.75) is 24.0 Å². The van der Waals surface area contributed by atoms with Gasteiger partial charge in [0.1, 0.15) is 0 Å². The summed E-state index contributed by atoms with van der Waals surface area (Å²) in [6.45, 7) is 0. The lowest BCUT2D eigenvalue weighted by atomic mass is 9.50. The molecule has 2 aliphatic heterocycles. The molecule has 0 N–H and O–H groups in total. The molecule has 3 aromatic carbocycles. The quantitative estimate of drug-likeness (QED) is 0.342. The van der Waals surface area contributed by atoms with Crippen LogP contribution in [0.2, 0.25) is 0 Å². The van der Waals surface area contributed by atoms with Gasteiger partial charge in [-0.15, -0.1) is 0 Å². The van der Waals surface area contributed by atoms with Gasteiger partial charge in [-0.2, -0.15) is 0 Å². The van der Waals surface area contributed by atoms with E-state index < -0.39 is 0 Å². The maximum Gasteiger partial charge on any atom is 0.0878 e. The van der Waals surface area contributed by atoms with E-state index in [1.165, 1.54) is 33.4 Å². The van der Waals surface area contributed by atoms with Crippen LogP contribution in [0.3, 0.4) is 0 Å². The lowest BCUT2D eigenvalue weighted by Gasteiger charge is -2.51. The molecule has 3 aliphatic carbocycles. The highest BCUT2D eigenvalue weighted by molar-refractivity contribution is 9.13. The van der Waals surface area contributed by atoms with Gasteiger partial charge in [0.15, 0.2) is 0 Å². The molecule has 8 rings (SSSR count). The number of fused-ring (bicyclic) bond motifs is 5. The molecular weight excluding hydrogens is 464 g/mol. The Morgan fingerprint density at radius 3 is 1.30 bits per heavy atom. The van der Waals surface area contributed by atoms with E-state index >= 15 is 0 Å². The Bertz CT molecular complexity index is 1000. The van der Waals surface area contributed by atoms with Crippen LogP contribution in [0.5, 0.6) is 0 Å². The van der Waals surface area contributed by atoms with Gasteiger partial charge in [-0.25, -0.2) is 0 Å². The molecule has 0 radical (unpaired) electrons. The Morgan fingerprint density at radius 1 is 0.556 bits per heavy atom. The zero-order chi connectivity index (χ0) is 17.9. The molecule has 27 heavy (non-hydrogen) atoms. The van der Waals surface area contributed by atoms with Crippen molar-refractivity contribution >= 4 is 31.9 Å². The monoisotopic (exact) mass is 478 g/mol. The van der Waals surface area contributed by atoms with Crippen LogP contribution in [-0.4, -0.2) is 0 Å². The number of hydrogen-bond donors (Lipinski definition) is 0. The van der Waals surface area contributed by atoms with Crippen molar-refractivity contribution in [1.82, 2.24) is 0 Å². The van der Waals surface area contributed by atoms with E-state index in [2.05, 4.69) is 92.5 Å². The van der Waals surface area contributed by atoms with Crippen molar-refractivity contribution < 1.29 is 4.74 Å². The molecule has 0 unspecified atom stereocenters. The summed E-state index contributed by atoms with van der Waals surface area (Å²) in [6, 6.07) is 22.8. The minimum atomic E-state index is 0.202. The SMILES string of the molecule is Brc1cc2c(cc1Br)[C@H]1O[C@H]2[C@H]2C3c4ccccc4C(c4ccccc43)[C@@H]21. The van der Waals surface area contributed by atoms with Crippen molar-refractivity contribution in [3.8, 4) is 0 Å². The van der Waals surface area contributed by atoms with Crippen LogP contribution in [0.4, 0.5) is 0 Å². The second-order valence-corrected chi connectivity index (χ2v) is 9.95. The summed E-state index contributed by atoms with van der Waals surface area (Å²) < 4.78 is 8.94. The predicted molar refractivity (Wildman–Crippen MR) is 112 cm³/mol. The first-order chi connectivity index (χ1) is 13.2. The van der Waals surface area contributed by atoms with Gasteiger partial charge in [0.05, 0.1) is 12.2 Å². The predicted octanol–water partition coefficient (Wildman–Crippen LogP) is 6.86. The van der Waals surface area contributed by atoms with Crippen LogP contribution < -0.4 is 0 Å². The Morgan fingerprint density at radius 2 is 0.926 bits per heavy atom. The molecule has 4 atom stereocenters. The third-order valence-electron chi connectivity index (χ3n) is 7.28. The summed E-state index contributed by atoms with van der Waals surface area (Å²) in [5.74, 6) is 1.95. The topological polar surface area (TPSA) is 9.23 Å². The Kier molecular flexibility index (Phi) is 2.95. The standard InChI is InChI=1S/C24H16Br2O/c25-17-9-15-16(10-18(17)26)24-22-20-12-6-2-1-5-11(12)19(21(22)23(15)27-24)13-7-3-4-8-14(13)20/h1-10,19-24H/t19?,20?,21-,22-,23+,24+/m0/s1. The second-order valence-electron chi connectivity index (χ2n) is 8.24. The van der Waals surface area contributed by atoms with Gasteiger partial charge in [-0.05, 0) is 77.4 Å². The third kappa shape index (κ3) is 1.75. The largest absolute Gasteiger partial charge is 0.365 e. The average molecular weight is 480 g/mol. The number of benzene rings is 3. The number of rotatable bonds is 0. The molecular formula is C24H16Br2O. The summed E-state index contributed by atoms with van der Waals surface area (Å²) in [5.41, 5.74) is 8.87. The van der Waals surface area contributed by atoms with Crippen molar-refractivity contribution in [2.75, 3.05) is 0 Å². The van der Waals surface area contributed by atoms with Gasteiger partial charge < -0.3 is 4.74 Å². The number of halogens is 2. The van der Waals surface area contributed by atoms with Crippen LogP contribution >= 0.6 is 31.9 Å². The first-order valence-electron chi connectivity index (χ1n) is 9.56. The van der Waals surface area contributed by atoms with Crippen LogP contribution in [0.15, 0.2) is 69.6 Å². The Labute approximate surface area is 175 Å². The molecule has 0 saturated carbocycles. The van der Waals surface area contributed by atoms with E-state index in [9.17, 15) is 0 Å². The molecule has 1 nitrogen and oxygen atoms in total. The summed E-state index contributed by atoms with van der Waals surface area (Å²) in [4.78, 5) is 0. The highest BCUT2D eigenvalue weighted by atomic mass is 79.9. The summed E-state index contributed by atoms with van der Waals surface area (Å²) in [6.07, 6.45) is 0.405. The maximum absolute atomic E-state index is 6.70. The van der Waals surface area contributed by atoms with E-state index in [0.717, 1.165) is 8.95 Å². The van der Waals surface area contributed by atoms with Crippen LogP contribution in [0, 0.1) is 11.8 Å². The van der Waals surface area contributed by atoms with Crippen LogP contribution in [0.25, 0.3) is 0 Å². The fraction of sp³-hybridized carbons (Fsp3) is 0.250. The fourth-order valence-corrected chi connectivity index (χ4v) is 7.21. The second kappa shape index (κ2) is 5.14. The highest BCUT2D eigenvalue weighted by Crippen LogP contribution is 2.72. The summed E-state index contributed by atoms with van der Waals surface area (Å²) >= 11 is 7.40. The van der Waals surface area contributed by atoms with Crippen LogP contribution in [0.1, 0.15) is 57.4 Å². The van der Waals surface area contributed by atoms with Gasteiger partial charge in [0.2, 0.25) is 0 Å². The molecule has 3 heteroatoms. The average Bonchev–Trinajstić information content (AvgIpc) is 3.26. The highest BCUT2D eigenvalue weighted by Gasteiger charge is 2.63. The maximum atomic E-state index is 6.70. The number of ether oxygens (including phenoxy) is 1. The lowest BCUT2D eigenvalue weighted by molar-refractivity contribution is 0.0533. The fourth-order valence-electron chi connectivity index (χ4n) is 6.49. The Hall–Kier alpha value is -1.42. The first-order valence-corrected chi connectivity index (χ1v) is 11.1. The molecule has 3 aromatic rings. The molecule has 0 aromatic heterocycles. The van der Waals surface area contributed by atoms with Crippen molar-refractivity contribution in [1.29, 1.82) is 0 Å². The van der Waals surface area contributed by atoms with E-state index in [1.54, 1.807) is 0 Å². The zero-order valence-electron chi connectivity index (χ0n) is 14.4. The van der Waals surface area contributed by atoms with Gasteiger partial charge in [-0.3, -0.25) is 0 Å². The van der Waals surface area contributed by atoms with Crippen LogP contribution in [-0.2, 0) is 4.74 Å². The van der Waals surface area contributed by atoms with Gasteiger partial charge in [0.25, 0.3) is 0 Å². The first kappa shape index (κ1) is 15.5. The molecule has 0 amide bonds. The minimum Gasteiger partial charge on any atom is -0.365 e. The van der Waals surface area contributed by atoms with E-state index in [-0.39, 0.29) is 12.2 Å². The molecule has 1 fully saturated rings. The molecule has 0 spiro atoms. The lowest BCUT2D eigenvalue weighted by Crippen LogP contribution is -2.42. The summed E-state index contributed by atoms with van der Waals surface area (Å²) in [7, 11) is 0. The summed E-state index contributed by atoms with van der Waals surface area (Å²) in [5, 5.41) is 0. The van der Waals surface area contributed by atoms with Crippen molar-refractivity contribution in [3.05, 3.63) is 103 Å². The van der Waals surface area contributed by atoms with Crippen molar-refractivity contribution in [3.63, 3.8) is 0 Å². The molecule has 4 bridgehead atoms. The molecule has 132 valence electrons. The van der Waals surface area contributed by atoms with Gasteiger partial charge in [-0.1, -0.05) is 48.5 Å². The van der Waals surface area contributed by atoms with Crippen molar-refractivity contribution in [2.24, 2.45) is 11.8 Å². The molecule has 2 heterocycles. The zero-order valence-corrected chi connectivity index (χ0v) is 17.6. The molecule has 5 aliphatic rings. The van der Waals surface area contributed by atoms with E-state index in [1.807, 2.05) is 0 Å². The smallest absolute Gasteiger partial charge is 0.0878 e. The third-order valence-corrected chi connectivity index (χ3v) is 9.12. The minimum absolute atomic E-state index is 0.202.